The number of benzene rings is 2. The van der Waals surface area contributed by atoms with Gasteiger partial charge in [0.05, 0.1) is 26.8 Å². The molecule has 1 aromatic heterocycles. The van der Waals surface area contributed by atoms with Crippen LogP contribution in [-0.2, 0) is 41.1 Å². The van der Waals surface area contributed by atoms with Crippen molar-refractivity contribution in [2.75, 3.05) is 65.4 Å². The number of nitrogens with zero attached hydrogens (tertiary/aromatic N) is 3. The fourth-order valence-electron chi connectivity index (χ4n) is 13.4. The molecule has 12 nitrogen and oxygen atoms in total. The van der Waals surface area contributed by atoms with E-state index in [0.29, 0.717) is 25.0 Å². The predicted octanol–water partition coefficient (Wildman–Crippen LogP) is 5.15. The van der Waals surface area contributed by atoms with Crippen LogP contribution >= 0.6 is 0 Å². The number of aliphatic hydroxyl groups is 1. The van der Waals surface area contributed by atoms with E-state index in [-0.39, 0.29) is 36.8 Å². The first-order chi connectivity index (χ1) is 28.9. The number of nitrogens with one attached hydrogen (secondary N) is 2. The Morgan fingerprint density at radius 1 is 1.05 bits per heavy atom. The molecule has 2 aromatic carbocycles. The zero-order chi connectivity index (χ0) is 42.4. The minimum Gasteiger partial charge on any atom is -0.496 e. The molecule has 2 bridgehead atoms. The van der Waals surface area contributed by atoms with Crippen molar-refractivity contribution in [2.24, 2.45) is 11.3 Å². The van der Waals surface area contributed by atoms with Crippen LogP contribution in [0.2, 0.25) is 0 Å². The smallest absolute Gasteiger partial charge is 0.322 e. The van der Waals surface area contributed by atoms with Crippen LogP contribution in [0.25, 0.3) is 10.9 Å². The summed E-state index contributed by atoms with van der Waals surface area (Å²) in [6, 6.07) is 11.8. The molecule has 2 fully saturated rings. The minimum absolute atomic E-state index is 0.0429. The highest BCUT2D eigenvalue weighted by molar-refractivity contribution is 5.94. The van der Waals surface area contributed by atoms with E-state index in [4.69, 9.17) is 14.2 Å². The van der Waals surface area contributed by atoms with Crippen LogP contribution in [0.3, 0.4) is 0 Å². The molecule has 1 saturated heterocycles. The van der Waals surface area contributed by atoms with Crippen LogP contribution in [-0.4, -0.2) is 122 Å². The van der Waals surface area contributed by atoms with E-state index in [1.165, 1.54) is 19.6 Å². The minimum atomic E-state index is -1.72. The average molecular weight is 820 g/mol. The van der Waals surface area contributed by atoms with Crippen molar-refractivity contribution in [1.29, 1.82) is 0 Å². The van der Waals surface area contributed by atoms with E-state index in [0.717, 1.165) is 84.5 Å². The van der Waals surface area contributed by atoms with Gasteiger partial charge in [0, 0.05) is 97.4 Å². The number of aromatic amines is 1. The Labute approximate surface area is 353 Å². The van der Waals surface area contributed by atoms with E-state index < -0.39 is 40.0 Å². The summed E-state index contributed by atoms with van der Waals surface area (Å²) in [4.78, 5) is 52.5. The summed E-state index contributed by atoms with van der Waals surface area (Å²) >= 11 is 0. The molecule has 5 aliphatic heterocycles. The van der Waals surface area contributed by atoms with Crippen LogP contribution in [0.1, 0.15) is 82.2 Å². The number of para-hydroxylation sites is 1. The SMILES string of the molecule is CCC(=O)NCC1(O)[C@H](OC(C)=O)[C@]2(CC)C=CCN3CC[C@@]4(c5cc([C@@]6(C(=O)OC)C[C@@H]7C=C(CC)CN(CCc8c6[nH]c6ccccc86)C7)c(OC)cc5N(C)[C@@H]14)C32. The number of esters is 2. The largest absolute Gasteiger partial charge is 0.496 e. The maximum atomic E-state index is 15.4. The number of amides is 1. The first-order valence-corrected chi connectivity index (χ1v) is 22.0. The highest BCUT2D eigenvalue weighted by atomic mass is 16.6. The number of rotatable bonds is 9. The third kappa shape index (κ3) is 5.55. The van der Waals surface area contributed by atoms with Crippen molar-refractivity contribution in [2.45, 2.75) is 101 Å². The Morgan fingerprint density at radius 3 is 2.57 bits per heavy atom. The van der Waals surface area contributed by atoms with E-state index >= 15 is 4.79 Å². The molecular formula is C48H61N5O7. The zero-order valence-corrected chi connectivity index (χ0v) is 36.2. The number of anilines is 1. The Kier molecular flexibility index (Phi) is 10.0. The lowest BCUT2D eigenvalue weighted by Crippen LogP contribution is -2.81. The fraction of sp³-hybridized carbons (Fsp3) is 0.562. The molecule has 9 atom stereocenters. The standard InChI is InChI=1S/C48H61N5O7/c1-8-30-22-31-25-47(44(56)59-7,40-33(16-20-52(26-30)27-31)32-14-11-12-15-36(32)50-40)35-23-34-37(24-38(35)58-6)51(5)42-46(34)18-21-53-19-13-17-45(10-3,41(46)53)43(60-29(4)54)48(42,57)28-49-39(55)9-2/h11-15,17,22-24,31,41-43,50,57H,8-10,16,18-21,25-28H2,1-7H3,(H,49,55)/t31-,41?,42+,43+,45+,46+,47-,48?/m0/s1. The second kappa shape index (κ2) is 14.8. The number of methoxy groups -OCH3 is 2. The molecule has 6 aliphatic rings. The van der Waals surface area contributed by atoms with Crippen LogP contribution in [0.5, 0.6) is 5.75 Å². The van der Waals surface area contributed by atoms with Gasteiger partial charge in [0.2, 0.25) is 5.91 Å². The second-order valence-corrected chi connectivity index (χ2v) is 18.3. The van der Waals surface area contributed by atoms with Crippen LogP contribution in [0.4, 0.5) is 5.69 Å². The lowest BCUT2D eigenvalue weighted by atomic mass is 9.47. The van der Waals surface area contributed by atoms with Gasteiger partial charge < -0.3 is 34.5 Å². The number of carbonyl (C=O) groups excluding carboxylic acids is 3. The van der Waals surface area contributed by atoms with Crippen molar-refractivity contribution < 1.29 is 33.7 Å². The number of H-pyrrole nitrogens is 1. The summed E-state index contributed by atoms with van der Waals surface area (Å²) in [6.07, 6.45) is 9.42. The molecule has 1 saturated carbocycles. The summed E-state index contributed by atoms with van der Waals surface area (Å²) in [5.41, 5.74) is 2.35. The second-order valence-electron chi connectivity index (χ2n) is 18.3. The van der Waals surface area contributed by atoms with Crippen LogP contribution in [0.15, 0.2) is 60.2 Å². The number of ether oxygens (including phenoxy) is 3. The van der Waals surface area contributed by atoms with Crippen molar-refractivity contribution >= 4 is 34.4 Å². The fourth-order valence-corrected chi connectivity index (χ4v) is 13.4. The molecule has 1 aliphatic carbocycles. The molecule has 320 valence electrons. The molecule has 1 amide bonds. The van der Waals surface area contributed by atoms with Gasteiger partial charge in [0.15, 0.2) is 0 Å². The molecule has 9 rings (SSSR count). The molecule has 3 N–H and O–H groups in total. The van der Waals surface area contributed by atoms with Gasteiger partial charge in [-0.05, 0) is 67.8 Å². The average Bonchev–Trinajstić information content (AvgIpc) is 3.92. The van der Waals surface area contributed by atoms with Gasteiger partial charge in [-0.2, -0.15) is 0 Å². The molecule has 0 radical (unpaired) electrons. The van der Waals surface area contributed by atoms with Crippen molar-refractivity contribution in [3.05, 3.63) is 82.6 Å². The van der Waals surface area contributed by atoms with Gasteiger partial charge in [-0.15, -0.1) is 0 Å². The van der Waals surface area contributed by atoms with E-state index in [1.807, 2.05) is 13.1 Å². The number of likely N-dealkylation sites (N-methyl/N-ethyl adjacent to an activating group) is 1. The molecule has 12 heteroatoms. The van der Waals surface area contributed by atoms with Crippen molar-refractivity contribution in [1.82, 2.24) is 20.1 Å². The lowest BCUT2D eigenvalue weighted by molar-refractivity contribution is -0.217. The van der Waals surface area contributed by atoms with Crippen LogP contribution in [0, 0.1) is 11.3 Å². The van der Waals surface area contributed by atoms with Crippen molar-refractivity contribution in [3.8, 4) is 5.75 Å². The predicted molar refractivity (Wildman–Crippen MR) is 230 cm³/mol. The summed E-state index contributed by atoms with van der Waals surface area (Å²) in [6.45, 7) is 11.4. The lowest BCUT2D eigenvalue weighted by Gasteiger charge is -2.64. The van der Waals surface area contributed by atoms with Crippen LogP contribution < -0.4 is 15.0 Å². The Bertz CT molecular complexity index is 2300. The van der Waals surface area contributed by atoms with E-state index in [1.54, 1.807) is 14.0 Å². The zero-order valence-electron chi connectivity index (χ0n) is 36.2. The summed E-state index contributed by atoms with van der Waals surface area (Å²) in [7, 11) is 5.14. The van der Waals surface area contributed by atoms with Gasteiger partial charge in [-0.25, -0.2) is 0 Å². The highest BCUT2D eigenvalue weighted by Crippen LogP contribution is 2.68. The first kappa shape index (κ1) is 40.7. The van der Waals surface area contributed by atoms with Gasteiger partial charge in [-0.3, -0.25) is 24.2 Å². The Morgan fingerprint density at radius 2 is 1.85 bits per heavy atom. The third-order valence-electron chi connectivity index (χ3n) is 15.5. The molecule has 3 unspecified atom stereocenters. The van der Waals surface area contributed by atoms with Gasteiger partial charge >= 0.3 is 11.9 Å². The first-order valence-electron chi connectivity index (χ1n) is 22.0. The number of aromatic nitrogens is 1. The Balaban J connectivity index is 1.35. The van der Waals surface area contributed by atoms with Gasteiger partial charge in [-0.1, -0.05) is 62.8 Å². The molecule has 60 heavy (non-hydrogen) atoms. The van der Waals surface area contributed by atoms with Gasteiger partial charge in [0.1, 0.15) is 22.9 Å². The highest BCUT2D eigenvalue weighted by Gasteiger charge is 2.78. The van der Waals surface area contributed by atoms with Crippen molar-refractivity contribution in [3.63, 3.8) is 0 Å². The summed E-state index contributed by atoms with van der Waals surface area (Å²) in [5, 5.41) is 17.8. The molecule has 1 spiro atoms. The van der Waals surface area contributed by atoms with E-state index in [9.17, 15) is 14.7 Å². The quantitative estimate of drug-likeness (QED) is 0.197. The third-order valence-corrected chi connectivity index (χ3v) is 15.5. The molecule has 6 heterocycles. The number of fused-ring (bicyclic) bond motifs is 6. The summed E-state index contributed by atoms with van der Waals surface area (Å²) in [5.74, 6) is -0.439. The maximum absolute atomic E-state index is 15.4. The number of hydrogen-bond acceptors (Lipinski definition) is 10. The topological polar surface area (TPSA) is 137 Å². The molecular weight excluding hydrogens is 759 g/mol. The van der Waals surface area contributed by atoms with E-state index in [2.05, 4.69) is 87.4 Å². The normalized spacial score (nSPS) is 34.0. The Hall–Kier alpha value is -4.65. The van der Waals surface area contributed by atoms with Gasteiger partial charge in [0.25, 0.3) is 0 Å². The molecule has 3 aromatic rings. The maximum Gasteiger partial charge on any atom is 0.322 e. The monoisotopic (exact) mass is 819 g/mol. The number of hydrogen-bond donors (Lipinski definition) is 3. The number of carbonyl (C=O) groups is 3. The summed E-state index contributed by atoms with van der Waals surface area (Å²) < 4.78 is 18.8.